The molecular formula is C12H17N3O. The molecule has 0 bridgehead atoms. The summed E-state index contributed by atoms with van der Waals surface area (Å²) >= 11 is 0. The van der Waals surface area contributed by atoms with Crippen molar-refractivity contribution in [1.29, 1.82) is 0 Å². The lowest BCUT2D eigenvalue weighted by Crippen LogP contribution is -2.23. The minimum Gasteiger partial charge on any atom is -0.468 e. The minimum atomic E-state index is 0.195. The van der Waals surface area contributed by atoms with Crippen molar-refractivity contribution in [1.82, 2.24) is 14.9 Å². The van der Waals surface area contributed by atoms with Gasteiger partial charge >= 0.3 is 0 Å². The highest BCUT2D eigenvalue weighted by molar-refractivity contribution is 5.08. The topological polar surface area (TPSA) is 43.0 Å². The molecule has 2 rings (SSSR count). The highest BCUT2D eigenvalue weighted by Gasteiger charge is 2.15. The van der Waals surface area contributed by atoms with Crippen LogP contribution >= 0.6 is 0 Å². The van der Waals surface area contributed by atoms with Crippen molar-refractivity contribution in [2.45, 2.75) is 19.4 Å². The van der Waals surface area contributed by atoms with Gasteiger partial charge in [-0.2, -0.15) is 0 Å². The number of nitrogens with one attached hydrogen (secondary N) is 1. The monoisotopic (exact) mass is 219 g/mol. The third kappa shape index (κ3) is 2.33. The van der Waals surface area contributed by atoms with Crippen molar-refractivity contribution < 1.29 is 4.42 Å². The Morgan fingerprint density at radius 2 is 2.44 bits per heavy atom. The van der Waals surface area contributed by atoms with Crippen LogP contribution in [0.25, 0.3) is 0 Å². The first-order valence-electron chi connectivity index (χ1n) is 5.54. The first-order valence-corrected chi connectivity index (χ1v) is 5.54. The van der Waals surface area contributed by atoms with Gasteiger partial charge in [-0.3, -0.25) is 0 Å². The van der Waals surface area contributed by atoms with Gasteiger partial charge in [0.15, 0.2) is 0 Å². The average molecular weight is 219 g/mol. The Morgan fingerprint density at radius 1 is 1.56 bits per heavy atom. The number of rotatable bonds is 5. The van der Waals surface area contributed by atoms with Crippen LogP contribution in [0.2, 0.25) is 0 Å². The van der Waals surface area contributed by atoms with Crippen molar-refractivity contribution in [2.75, 3.05) is 6.54 Å². The predicted molar refractivity (Wildman–Crippen MR) is 62.0 cm³/mol. The van der Waals surface area contributed by atoms with E-state index >= 15 is 0 Å². The molecule has 0 radical (unpaired) electrons. The first-order chi connectivity index (χ1) is 7.81. The number of hydrogen-bond acceptors (Lipinski definition) is 3. The van der Waals surface area contributed by atoms with E-state index < -0.39 is 0 Å². The number of nitrogens with zero attached hydrogens (tertiary/aromatic N) is 2. The minimum absolute atomic E-state index is 0.195. The Labute approximate surface area is 95.3 Å². The predicted octanol–water partition coefficient (Wildman–Crippen LogP) is 1.91. The lowest BCUT2D eigenvalue weighted by Gasteiger charge is -2.15. The van der Waals surface area contributed by atoms with Crippen LogP contribution in [-0.2, 0) is 13.5 Å². The maximum atomic E-state index is 5.44. The van der Waals surface area contributed by atoms with E-state index in [0.29, 0.717) is 0 Å². The Hall–Kier alpha value is -1.55. The van der Waals surface area contributed by atoms with E-state index in [1.54, 1.807) is 6.26 Å². The van der Waals surface area contributed by atoms with Gasteiger partial charge in [-0.15, -0.1) is 0 Å². The van der Waals surface area contributed by atoms with Crippen LogP contribution in [0.15, 0.2) is 35.2 Å². The molecule has 86 valence electrons. The van der Waals surface area contributed by atoms with Crippen LogP contribution < -0.4 is 5.32 Å². The Bertz CT molecular complexity index is 419. The molecule has 2 heterocycles. The molecular weight excluding hydrogens is 202 g/mol. The molecule has 2 aromatic heterocycles. The zero-order chi connectivity index (χ0) is 11.4. The van der Waals surface area contributed by atoms with E-state index in [9.17, 15) is 0 Å². The molecule has 0 aromatic carbocycles. The third-order valence-corrected chi connectivity index (χ3v) is 2.64. The smallest absolute Gasteiger partial charge is 0.121 e. The Morgan fingerprint density at radius 3 is 3.00 bits per heavy atom. The normalized spacial score (nSPS) is 12.9. The largest absolute Gasteiger partial charge is 0.468 e. The summed E-state index contributed by atoms with van der Waals surface area (Å²) in [5.74, 6) is 2.02. The fourth-order valence-electron chi connectivity index (χ4n) is 1.79. The second kappa shape index (κ2) is 4.99. The van der Waals surface area contributed by atoms with Crippen LogP contribution in [-0.4, -0.2) is 16.1 Å². The van der Waals surface area contributed by atoms with Gasteiger partial charge in [0.05, 0.1) is 12.3 Å². The molecule has 0 aliphatic carbocycles. The van der Waals surface area contributed by atoms with Gasteiger partial charge in [-0.25, -0.2) is 4.98 Å². The summed E-state index contributed by atoms with van der Waals surface area (Å²) in [6, 6.07) is 4.11. The number of hydrogen-bond donors (Lipinski definition) is 1. The number of likely N-dealkylation sites (N-methyl/N-ethyl adjacent to an activating group) is 1. The summed E-state index contributed by atoms with van der Waals surface area (Å²) in [7, 11) is 2.01. The average Bonchev–Trinajstić information content (AvgIpc) is 2.90. The van der Waals surface area contributed by atoms with Gasteiger partial charge in [0.25, 0.3) is 0 Å². The number of furan rings is 1. The Balaban J connectivity index is 2.12. The van der Waals surface area contributed by atoms with Crippen molar-refractivity contribution in [3.63, 3.8) is 0 Å². The zero-order valence-electron chi connectivity index (χ0n) is 9.68. The number of imidazole rings is 1. The molecule has 1 atom stereocenters. The van der Waals surface area contributed by atoms with Gasteiger partial charge in [0, 0.05) is 25.9 Å². The second-order valence-corrected chi connectivity index (χ2v) is 3.78. The van der Waals surface area contributed by atoms with Crippen molar-refractivity contribution in [3.05, 3.63) is 42.4 Å². The van der Waals surface area contributed by atoms with Gasteiger partial charge < -0.3 is 14.3 Å². The molecule has 0 aliphatic heterocycles. The van der Waals surface area contributed by atoms with Gasteiger partial charge in [0.2, 0.25) is 0 Å². The summed E-state index contributed by atoms with van der Waals surface area (Å²) in [5, 5.41) is 3.40. The molecule has 1 unspecified atom stereocenters. The van der Waals surface area contributed by atoms with Crippen LogP contribution in [0.3, 0.4) is 0 Å². The molecule has 0 spiro atoms. The van der Waals surface area contributed by atoms with Crippen molar-refractivity contribution >= 4 is 0 Å². The molecule has 0 amide bonds. The molecule has 0 aliphatic rings. The van der Waals surface area contributed by atoms with E-state index in [1.165, 1.54) is 0 Å². The van der Waals surface area contributed by atoms with Crippen molar-refractivity contribution in [2.24, 2.45) is 7.05 Å². The summed E-state index contributed by atoms with van der Waals surface area (Å²) in [5.41, 5.74) is 0. The molecule has 0 saturated heterocycles. The first kappa shape index (κ1) is 11.0. The quantitative estimate of drug-likeness (QED) is 0.835. The molecule has 4 nitrogen and oxygen atoms in total. The van der Waals surface area contributed by atoms with Crippen LogP contribution in [0.5, 0.6) is 0 Å². The van der Waals surface area contributed by atoms with Gasteiger partial charge in [-0.05, 0) is 18.7 Å². The van der Waals surface area contributed by atoms with Crippen LogP contribution in [0, 0.1) is 0 Å². The number of aryl methyl sites for hydroxylation is 1. The summed E-state index contributed by atoms with van der Waals surface area (Å²) in [6.07, 6.45) is 6.32. The summed E-state index contributed by atoms with van der Waals surface area (Å²) in [4.78, 5) is 4.33. The lowest BCUT2D eigenvalue weighted by molar-refractivity contribution is 0.409. The molecule has 1 N–H and O–H groups in total. The molecule has 4 heteroatoms. The zero-order valence-corrected chi connectivity index (χ0v) is 9.68. The SMILES string of the molecule is CCNC(Cc1nccn1C)c1ccco1. The summed E-state index contributed by atoms with van der Waals surface area (Å²) in [6.45, 7) is 3.00. The molecule has 16 heavy (non-hydrogen) atoms. The fraction of sp³-hybridized carbons (Fsp3) is 0.417. The van der Waals surface area contributed by atoms with Gasteiger partial charge in [0.1, 0.15) is 11.6 Å². The van der Waals surface area contributed by atoms with Crippen LogP contribution in [0.1, 0.15) is 24.6 Å². The summed E-state index contributed by atoms with van der Waals surface area (Å²) < 4.78 is 7.47. The highest BCUT2D eigenvalue weighted by Crippen LogP contribution is 2.17. The van der Waals surface area contributed by atoms with Gasteiger partial charge in [-0.1, -0.05) is 6.92 Å². The van der Waals surface area contributed by atoms with E-state index in [0.717, 1.165) is 24.6 Å². The molecule has 2 aromatic rings. The fourth-order valence-corrected chi connectivity index (χ4v) is 1.79. The maximum absolute atomic E-state index is 5.44. The van der Waals surface area contributed by atoms with Crippen LogP contribution in [0.4, 0.5) is 0 Å². The molecule has 0 fully saturated rings. The molecule has 0 saturated carbocycles. The van der Waals surface area contributed by atoms with E-state index in [1.807, 2.05) is 36.1 Å². The standard InChI is InChI=1S/C12H17N3O/c1-3-13-10(11-5-4-8-16-11)9-12-14-6-7-15(12)2/h4-8,10,13H,3,9H2,1-2H3. The van der Waals surface area contributed by atoms with E-state index in [-0.39, 0.29) is 6.04 Å². The van der Waals surface area contributed by atoms with Crippen molar-refractivity contribution in [3.8, 4) is 0 Å². The number of aromatic nitrogens is 2. The van der Waals surface area contributed by atoms with E-state index in [2.05, 4.69) is 17.2 Å². The maximum Gasteiger partial charge on any atom is 0.121 e. The Kier molecular flexibility index (Phi) is 3.41. The van der Waals surface area contributed by atoms with E-state index in [4.69, 9.17) is 4.42 Å². The lowest BCUT2D eigenvalue weighted by atomic mass is 10.1. The second-order valence-electron chi connectivity index (χ2n) is 3.78. The third-order valence-electron chi connectivity index (χ3n) is 2.64. The highest BCUT2D eigenvalue weighted by atomic mass is 16.3.